The molecule has 1 aliphatic carbocycles. The van der Waals surface area contributed by atoms with Crippen LogP contribution in [-0.4, -0.2) is 43.4 Å². The van der Waals surface area contributed by atoms with Gasteiger partial charge in [-0.3, -0.25) is 4.79 Å². The van der Waals surface area contributed by atoms with Crippen LogP contribution in [0.2, 0.25) is 0 Å². The van der Waals surface area contributed by atoms with Gasteiger partial charge in [0.1, 0.15) is 11.9 Å². The zero-order valence-electron chi connectivity index (χ0n) is 13.8. The first kappa shape index (κ1) is 17.8. The highest BCUT2D eigenvalue weighted by Crippen LogP contribution is 2.36. The molecular weight excluding hydrogens is 292 g/mol. The lowest BCUT2D eigenvalue weighted by Gasteiger charge is -2.12. The van der Waals surface area contributed by atoms with E-state index in [1.54, 1.807) is 0 Å². The lowest BCUT2D eigenvalue weighted by molar-refractivity contribution is -0.129. The predicted octanol–water partition coefficient (Wildman–Crippen LogP) is 1.57. The van der Waals surface area contributed by atoms with E-state index in [2.05, 4.69) is 17.6 Å². The fourth-order valence-electron chi connectivity index (χ4n) is 2.44. The average Bonchev–Trinajstić information content (AvgIpc) is 3.26. The highest BCUT2D eigenvalue weighted by atomic mass is 16.5. The van der Waals surface area contributed by atoms with Crippen molar-refractivity contribution in [2.45, 2.75) is 32.3 Å². The van der Waals surface area contributed by atoms with E-state index in [4.69, 9.17) is 4.74 Å². The molecule has 0 heterocycles. The first-order valence-electron chi connectivity index (χ1n) is 8.51. The number of unbranched alkanes of at least 4 members (excludes halogenated alkanes) is 1. The number of carbonyl (C=O) groups excluding carboxylic acids is 1. The van der Waals surface area contributed by atoms with Crippen LogP contribution in [0.5, 0.6) is 5.75 Å². The third-order valence-corrected chi connectivity index (χ3v) is 4.21. The molecule has 1 amide bonds. The van der Waals surface area contributed by atoms with Crippen LogP contribution in [0.25, 0.3) is 0 Å². The molecule has 1 aliphatic rings. The Morgan fingerprint density at radius 2 is 2.09 bits per heavy atom. The molecule has 0 spiro atoms. The molecule has 1 unspecified atom stereocenters. The Morgan fingerprint density at radius 1 is 1.35 bits per heavy atom. The van der Waals surface area contributed by atoms with Crippen LogP contribution in [0.4, 0.5) is 0 Å². The molecule has 2 rings (SSSR count). The minimum Gasteiger partial charge on any atom is -0.494 e. The van der Waals surface area contributed by atoms with Gasteiger partial charge in [0.05, 0.1) is 6.61 Å². The summed E-state index contributed by atoms with van der Waals surface area (Å²) in [5.41, 5.74) is 0. The van der Waals surface area contributed by atoms with E-state index in [1.807, 2.05) is 30.3 Å². The summed E-state index contributed by atoms with van der Waals surface area (Å²) in [7, 11) is 0. The first-order chi connectivity index (χ1) is 11.2. The normalized spacial score (nSPS) is 20.8. The van der Waals surface area contributed by atoms with Crippen molar-refractivity contribution in [2.75, 3.05) is 26.2 Å². The molecule has 0 bridgehead atoms. The maximum atomic E-state index is 11.7. The molecule has 3 N–H and O–H groups in total. The minimum atomic E-state index is -0.968. The Labute approximate surface area is 138 Å². The van der Waals surface area contributed by atoms with E-state index in [0.29, 0.717) is 19.7 Å². The number of benzene rings is 1. The molecular formula is C18H28N2O3. The largest absolute Gasteiger partial charge is 0.494 e. The SMILES string of the molecule is C[C@@H]1C[C@H]1CNCC(O)C(=O)NCCCCOc1ccccc1. The third-order valence-electron chi connectivity index (χ3n) is 4.21. The standard InChI is InChI=1S/C18H28N2O3/c1-14-11-15(14)12-19-13-17(21)18(22)20-9-5-6-10-23-16-7-3-2-4-8-16/h2-4,7-8,14-15,17,19,21H,5-6,9-13H2,1H3,(H,20,22)/t14-,15+,17?/m1/s1. The number of hydrogen-bond donors (Lipinski definition) is 3. The molecule has 1 saturated carbocycles. The topological polar surface area (TPSA) is 70.6 Å². The Hall–Kier alpha value is -1.59. The van der Waals surface area contributed by atoms with E-state index < -0.39 is 6.10 Å². The van der Waals surface area contributed by atoms with Crippen molar-refractivity contribution in [1.82, 2.24) is 10.6 Å². The van der Waals surface area contributed by atoms with Crippen LogP contribution in [0.3, 0.4) is 0 Å². The van der Waals surface area contributed by atoms with Gasteiger partial charge in [-0.2, -0.15) is 0 Å². The zero-order valence-corrected chi connectivity index (χ0v) is 13.8. The molecule has 0 aromatic heterocycles. The molecule has 23 heavy (non-hydrogen) atoms. The quantitative estimate of drug-likeness (QED) is 0.541. The molecule has 128 valence electrons. The van der Waals surface area contributed by atoms with E-state index in [1.165, 1.54) is 6.42 Å². The smallest absolute Gasteiger partial charge is 0.250 e. The second kappa shape index (κ2) is 9.53. The van der Waals surface area contributed by atoms with E-state index >= 15 is 0 Å². The van der Waals surface area contributed by atoms with Crippen molar-refractivity contribution in [3.05, 3.63) is 30.3 Å². The van der Waals surface area contributed by atoms with Gasteiger partial charge in [-0.05, 0) is 49.8 Å². The third kappa shape index (κ3) is 7.01. The van der Waals surface area contributed by atoms with Gasteiger partial charge >= 0.3 is 0 Å². The highest BCUT2D eigenvalue weighted by molar-refractivity contribution is 5.80. The summed E-state index contributed by atoms with van der Waals surface area (Å²) in [6.07, 6.45) is 1.98. The molecule has 5 nitrogen and oxygen atoms in total. The second-order valence-electron chi connectivity index (χ2n) is 6.31. The fourth-order valence-corrected chi connectivity index (χ4v) is 2.44. The van der Waals surface area contributed by atoms with Gasteiger partial charge in [0, 0.05) is 13.1 Å². The lowest BCUT2D eigenvalue weighted by Crippen LogP contribution is -2.41. The Kier molecular flexibility index (Phi) is 7.36. The van der Waals surface area contributed by atoms with Crippen molar-refractivity contribution in [3.8, 4) is 5.75 Å². The van der Waals surface area contributed by atoms with Gasteiger partial charge in [0.2, 0.25) is 5.91 Å². The van der Waals surface area contributed by atoms with Gasteiger partial charge in [0.25, 0.3) is 0 Å². The molecule has 5 heteroatoms. The summed E-state index contributed by atoms with van der Waals surface area (Å²) >= 11 is 0. The van der Waals surface area contributed by atoms with Crippen molar-refractivity contribution in [1.29, 1.82) is 0 Å². The molecule has 0 aliphatic heterocycles. The van der Waals surface area contributed by atoms with Gasteiger partial charge in [-0.25, -0.2) is 0 Å². The van der Waals surface area contributed by atoms with Crippen LogP contribution in [0.1, 0.15) is 26.2 Å². The van der Waals surface area contributed by atoms with Crippen molar-refractivity contribution in [3.63, 3.8) is 0 Å². The van der Waals surface area contributed by atoms with Crippen LogP contribution in [0, 0.1) is 11.8 Å². The number of nitrogens with one attached hydrogen (secondary N) is 2. The van der Waals surface area contributed by atoms with E-state index in [9.17, 15) is 9.90 Å². The maximum absolute atomic E-state index is 11.7. The molecule has 0 radical (unpaired) electrons. The number of ether oxygens (including phenoxy) is 1. The number of rotatable bonds is 11. The molecule has 1 aromatic carbocycles. The van der Waals surface area contributed by atoms with Crippen molar-refractivity contribution >= 4 is 5.91 Å². The van der Waals surface area contributed by atoms with Gasteiger partial charge < -0.3 is 20.5 Å². The monoisotopic (exact) mass is 320 g/mol. The fraction of sp³-hybridized carbons (Fsp3) is 0.611. The summed E-state index contributed by atoms with van der Waals surface area (Å²) in [6, 6.07) is 9.68. The summed E-state index contributed by atoms with van der Waals surface area (Å²) in [6.45, 7) is 4.63. The molecule has 0 saturated heterocycles. The van der Waals surface area contributed by atoms with Crippen molar-refractivity contribution in [2.24, 2.45) is 11.8 Å². The second-order valence-corrected chi connectivity index (χ2v) is 6.31. The van der Waals surface area contributed by atoms with Crippen LogP contribution < -0.4 is 15.4 Å². The summed E-state index contributed by atoms with van der Waals surface area (Å²) in [5, 5.41) is 15.7. The summed E-state index contributed by atoms with van der Waals surface area (Å²) in [4.78, 5) is 11.7. The van der Waals surface area contributed by atoms with Gasteiger partial charge in [0.15, 0.2) is 0 Å². The van der Waals surface area contributed by atoms with Gasteiger partial charge in [-0.15, -0.1) is 0 Å². The van der Waals surface area contributed by atoms with Crippen LogP contribution >= 0.6 is 0 Å². The Bertz CT molecular complexity index is 467. The number of para-hydroxylation sites is 1. The molecule has 3 atom stereocenters. The average molecular weight is 320 g/mol. The molecule has 1 fully saturated rings. The number of aliphatic hydroxyl groups is 1. The van der Waals surface area contributed by atoms with Crippen LogP contribution in [-0.2, 0) is 4.79 Å². The summed E-state index contributed by atoms with van der Waals surface area (Å²) in [5.74, 6) is 2.06. The Morgan fingerprint density at radius 3 is 2.78 bits per heavy atom. The number of aliphatic hydroxyl groups excluding tert-OH is 1. The predicted molar refractivity (Wildman–Crippen MR) is 90.3 cm³/mol. The number of amides is 1. The van der Waals surface area contributed by atoms with E-state index in [0.717, 1.165) is 37.0 Å². The first-order valence-corrected chi connectivity index (χ1v) is 8.51. The minimum absolute atomic E-state index is 0.301. The highest BCUT2D eigenvalue weighted by Gasteiger charge is 2.31. The number of carbonyl (C=O) groups is 1. The Balaban J connectivity index is 1.44. The van der Waals surface area contributed by atoms with Crippen molar-refractivity contribution < 1.29 is 14.6 Å². The van der Waals surface area contributed by atoms with Crippen LogP contribution in [0.15, 0.2) is 30.3 Å². The lowest BCUT2D eigenvalue weighted by atomic mass is 10.2. The number of hydrogen-bond acceptors (Lipinski definition) is 4. The van der Waals surface area contributed by atoms with Gasteiger partial charge in [-0.1, -0.05) is 25.1 Å². The molecule has 1 aromatic rings. The van der Waals surface area contributed by atoms with E-state index in [-0.39, 0.29) is 5.91 Å². The maximum Gasteiger partial charge on any atom is 0.250 e. The zero-order chi connectivity index (χ0) is 16.5. The summed E-state index contributed by atoms with van der Waals surface area (Å²) < 4.78 is 5.58.